The maximum absolute atomic E-state index is 12.0. The molecule has 0 aromatic carbocycles. The highest BCUT2D eigenvalue weighted by Gasteiger charge is 2.26. The lowest BCUT2D eigenvalue weighted by atomic mass is 10.1. The highest BCUT2D eigenvalue weighted by atomic mass is 16.4. The Balaban J connectivity index is 4.28. The van der Waals surface area contributed by atoms with Gasteiger partial charge in [0.15, 0.2) is 0 Å². The molecule has 0 aliphatic rings. The van der Waals surface area contributed by atoms with Crippen LogP contribution in [-0.2, 0) is 4.79 Å². The predicted octanol–water partition coefficient (Wildman–Crippen LogP) is 0.881. The van der Waals surface area contributed by atoms with Crippen molar-refractivity contribution < 1.29 is 14.7 Å². The van der Waals surface area contributed by atoms with Crippen molar-refractivity contribution in [1.29, 1.82) is 0 Å². The second-order valence-corrected chi connectivity index (χ2v) is 5.16. The Bertz CT molecular complexity index is 274. The summed E-state index contributed by atoms with van der Waals surface area (Å²) in [6, 6.07) is -0.208. The van der Waals surface area contributed by atoms with Gasteiger partial charge in [-0.05, 0) is 40.8 Å². The first kappa shape index (κ1) is 16.7. The lowest BCUT2D eigenvalue weighted by molar-refractivity contribution is -0.137. The summed E-state index contributed by atoms with van der Waals surface area (Å²) in [7, 11) is 1.86. The number of amides is 2. The van der Waals surface area contributed by atoms with E-state index >= 15 is 0 Å². The largest absolute Gasteiger partial charge is 0.481 e. The minimum Gasteiger partial charge on any atom is -0.481 e. The molecule has 106 valence electrons. The number of carbonyl (C=O) groups is 2. The van der Waals surface area contributed by atoms with E-state index in [0.717, 1.165) is 13.0 Å². The molecule has 0 aromatic rings. The summed E-state index contributed by atoms with van der Waals surface area (Å²) in [6.07, 6.45) is 0.806. The Morgan fingerprint density at radius 2 is 1.83 bits per heavy atom. The normalized spacial score (nSPS) is 11.1. The molecule has 0 radical (unpaired) electrons. The van der Waals surface area contributed by atoms with Gasteiger partial charge in [0.25, 0.3) is 0 Å². The fraction of sp³-hybridized carbons (Fsp3) is 0.833. The van der Waals surface area contributed by atoms with Gasteiger partial charge in [-0.1, -0.05) is 0 Å². The van der Waals surface area contributed by atoms with E-state index < -0.39 is 5.97 Å². The maximum Gasteiger partial charge on any atom is 0.317 e. The molecule has 0 unspecified atom stereocenters. The lowest BCUT2D eigenvalue weighted by Gasteiger charge is -2.35. The third-order valence-electron chi connectivity index (χ3n) is 2.48. The zero-order valence-electron chi connectivity index (χ0n) is 11.7. The van der Waals surface area contributed by atoms with Crippen LogP contribution in [0.5, 0.6) is 0 Å². The fourth-order valence-corrected chi connectivity index (χ4v) is 1.50. The molecule has 0 fully saturated rings. The average molecular weight is 259 g/mol. The number of carboxylic acid groups (broad SMARTS) is 1. The lowest BCUT2D eigenvalue weighted by Crippen LogP contribution is -2.51. The van der Waals surface area contributed by atoms with E-state index in [2.05, 4.69) is 10.6 Å². The van der Waals surface area contributed by atoms with E-state index in [1.165, 1.54) is 0 Å². The summed E-state index contributed by atoms with van der Waals surface area (Å²) in [5.41, 5.74) is -0.386. The van der Waals surface area contributed by atoms with E-state index in [4.69, 9.17) is 5.11 Å². The highest BCUT2D eigenvalue weighted by molar-refractivity contribution is 5.76. The Kier molecular flexibility index (Phi) is 7.35. The number of carboxylic acids is 1. The highest BCUT2D eigenvalue weighted by Crippen LogP contribution is 2.13. The number of carbonyl (C=O) groups excluding carboxylic acids is 1. The van der Waals surface area contributed by atoms with Gasteiger partial charge in [0.05, 0.1) is 6.42 Å². The first-order chi connectivity index (χ1) is 8.29. The molecule has 0 bridgehead atoms. The SMILES string of the molecule is CNCCCNC(=O)N(CCC(=O)O)C(C)(C)C. The van der Waals surface area contributed by atoms with Crippen LogP contribution in [0, 0.1) is 0 Å². The fourth-order valence-electron chi connectivity index (χ4n) is 1.50. The Labute approximate surface area is 109 Å². The number of aliphatic carboxylic acids is 1. The van der Waals surface area contributed by atoms with E-state index in [-0.39, 0.29) is 24.5 Å². The van der Waals surface area contributed by atoms with Gasteiger partial charge >= 0.3 is 12.0 Å². The van der Waals surface area contributed by atoms with E-state index in [1.54, 1.807) is 4.90 Å². The van der Waals surface area contributed by atoms with Gasteiger partial charge in [-0.25, -0.2) is 4.79 Å². The van der Waals surface area contributed by atoms with Crippen molar-refractivity contribution in [3.8, 4) is 0 Å². The number of hydrogen-bond acceptors (Lipinski definition) is 3. The second-order valence-electron chi connectivity index (χ2n) is 5.16. The van der Waals surface area contributed by atoms with Crippen LogP contribution < -0.4 is 10.6 Å². The Hall–Kier alpha value is -1.30. The Morgan fingerprint density at radius 3 is 2.28 bits per heavy atom. The summed E-state index contributed by atoms with van der Waals surface area (Å²) in [4.78, 5) is 24.1. The molecular formula is C12H25N3O3. The van der Waals surface area contributed by atoms with Gasteiger partial charge < -0.3 is 20.6 Å². The minimum absolute atomic E-state index is 0.0405. The van der Waals surface area contributed by atoms with Crippen molar-refractivity contribution in [3.05, 3.63) is 0 Å². The number of urea groups is 1. The van der Waals surface area contributed by atoms with Crippen molar-refractivity contribution >= 4 is 12.0 Å². The molecule has 0 saturated carbocycles. The van der Waals surface area contributed by atoms with Crippen molar-refractivity contribution in [2.45, 2.75) is 39.2 Å². The van der Waals surface area contributed by atoms with E-state index in [9.17, 15) is 9.59 Å². The molecule has 18 heavy (non-hydrogen) atoms. The van der Waals surface area contributed by atoms with Crippen molar-refractivity contribution in [2.75, 3.05) is 26.7 Å². The number of rotatable bonds is 7. The molecule has 6 heteroatoms. The topological polar surface area (TPSA) is 81.7 Å². The van der Waals surface area contributed by atoms with Crippen LogP contribution in [0.1, 0.15) is 33.6 Å². The molecule has 3 N–H and O–H groups in total. The molecule has 0 saturated heterocycles. The zero-order chi connectivity index (χ0) is 14.2. The molecule has 0 rings (SSSR count). The van der Waals surface area contributed by atoms with Crippen molar-refractivity contribution in [3.63, 3.8) is 0 Å². The summed E-state index contributed by atoms with van der Waals surface area (Å²) in [6.45, 7) is 7.31. The standard InChI is InChI=1S/C12H25N3O3/c1-12(2,3)15(9-6-10(16)17)11(18)14-8-5-7-13-4/h13H,5-9H2,1-4H3,(H,14,18)(H,16,17). The van der Waals surface area contributed by atoms with E-state index in [1.807, 2.05) is 27.8 Å². The summed E-state index contributed by atoms with van der Waals surface area (Å²) < 4.78 is 0. The maximum atomic E-state index is 12.0. The molecule has 2 amide bonds. The monoisotopic (exact) mass is 259 g/mol. The summed E-state index contributed by atoms with van der Waals surface area (Å²) in [5, 5.41) is 14.5. The summed E-state index contributed by atoms with van der Waals surface area (Å²) in [5.74, 6) is -0.896. The molecule has 0 atom stereocenters. The second kappa shape index (κ2) is 7.92. The molecule has 0 aliphatic carbocycles. The van der Waals surface area contributed by atoms with Gasteiger partial charge in [0.1, 0.15) is 0 Å². The first-order valence-corrected chi connectivity index (χ1v) is 6.21. The zero-order valence-corrected chi connectivity index (χ0v) is 11.7. The smallest absolute Gasteiger partial charge is 0.317 e. The van der Waals surface area contributed by atoms with Gasteiger partial charge in [-0.15, -0.1) is 0 Å². The van der Waals surface area contributed by atoms with Gasteiger partial charge in [-0.2, -0.15) is 0 Å². The molecular weight excluding hydrogens is 234 g/mol. The molecule has 6 nitrogen and oxygen atoms in total. The third-order valence-corrected chi connectivity index (χ3v) is 2.48. The van der Waals surface area contributed by atoms with Crippen LogP contribution in [0.15, 0.2) is 0 Å². The molecule has 0 heterocycles. The molecule has 0 aliphatic heterocycles. The number of hydrogen-bond donors (Lipinski definition) is 3. The van der Waals surface area contributed by atoms with Crippen LogP contribution >= 0.6 is 0 Å². The van der Waals surface area contributed by atoms with Gasteiger partial charge in [-0.3, -0.25) is 4.79 Å². The van der Waals surface area contributed by atoms with E-state index in [0.29, 0.717) is 6.54 Å². The molecule has 0 aromatic heterocycles. The third kappa shape index (κ3) is 7.11. The van der Waals surface area contributed by atoms with Crippen molar-refractivity contribution in [1.82, 2.24) is 15.5 Å². The summed E-state index contributed by atoms with van der Waals surface area (Å²) >= 11 is 0. The van der Waals surface area contributed by atoms with Gasteiger partial charge in [0.2, 0.25) is 0 Å². The van der Waals surface area contributed by atoms with Gasteiger partial charge in [0, 0.05) is 18.6 Å². The van der Waals surface area contributed by atoms with Crippen LogP contribution in [-0.4, -0.2) is 54.2 Å². The number of nitrogens with one attached hydrogen (secondary N) is 2. The Morgan fingerprint density at radius 1 is 1.22 bits per heavy atom. The van der Waals surface area contributed by atoms with Crippen LogP contribution in [0.4, 0.5) is 4.79 Å². The number of nitrogens with zero attached hydrogens (tertiary/aromatic N) is 1. The molecule has 0 spiro atoms. The van der Waals surface area contributed by atoms with Crippen LogP contribution in [0.3, 0.4) is 0 Å². The first-order valence-electron chi connectivity index (χ1n) is 6.21. The van der Waals surface area contributed by atoms with Crippen LogP contribution in [0.2, 0.25) is 0 Å². The average Bonchev–Trinajstić information content (AvgIpc) is 2.22. The quantitative estimate of drug-likeness (QED) is 0.593. The predicted molar refractivity (Wildman–Crippen MR) is 70.7 cm³/mol. The minimum atomic E-state index is -0.896. The van der Waals surface area contributed by atoms with Crippen molar-refractivity contribution in [2.24, 2.45) is 0 Å². The van der Waals surface area contributed by atoms with Crippen LogP contribution in [0.25, 0.3) is 0 Å².